The number of carbonyl (C=O) groups is 1. The summed E-state index contributed by atoms with van der Waals surface area (Å²) >= 11 is 1.71. The van der Waals surface area contributed by atoms with E-state index in [4.69, 9.17) is 4.74 Å². The minimum absolute atomic E-state index is 0.244. The molecule has 0 N–H and O–H groups in total. The summed E-state index contributed by atoms with van der Waals surface area (Å²) in [6.45, 7) is 12.2. The van der Waals surface area contributed by atoms with Crippen molar-refractivity contribution in [2.45, 2.75) is 46.1 Å². The first kappa shape index (κ1) is 17.9. The highest BCUT2D eigenvalue weighted by Crippen LogP contribution is 2.28. The Morgan fingerprint density at radius 2 is 1.96 bits per heavy atom. The summed E-state index contributed by atoms with van der Waals surface area (Å²) in [5.41, 5.74) is 2.19. The molecular weight excluding hydrogens is 320 g/mol. The number of piperidine rings is 1. The quantitative estimate of drug-likeness (QED) is 0.836. The summed E-state index contributed by atoms with van der Waals surface area (Å²) < 4.78 is 5.46. The van der Waals surface area contributed by atoms with Gasteiger partial charge in [0.15, 0.2) is 0 Å². The van der Waals surface area contributed by atoms with Crippen molar-refractivity contribution < 1.29 is 9.53 Å². The van der Waals surface area contributed by atoms with Crippen LogP contribution >= 0.6 is 11.3 Å². The number of thiophene rings is 1. The molecule has 3 rings (SSSR count). The zero-order valence-electron chi connectivity index (χ0n) is 15.2. The molecule has 0 radical (unpaired) electrons. The molecule has 3 heterocycles. The van der Waals surface area contributed by atoms with E-state index in [9.17, 15) is 4.79 Å². The summed E-state index contributed by atoms with van der Waals surface area (Å²) in [6.07, 6.45) is 3.19. The van der Waals surface area contributed by atoms with E-state index in [1.807, 2.05) is 0 Å². The maximum Gasteiger partial charge on any atom is 0.254 e. The van der Waals surface area contributed by atoms with E-state index in [2.05, 4.69) is 36.0 Å². The van der Waals surface area contributed by atoms with Crippen LogP contribution in [0.3, 0.4) is 0 Å². The van der Waals surface area contributed by atoms with Crippen molar-refractivity contribution in [2.24, 2.45) is 5.92 Å². The van der Waals surface area contributed by atoms with Crippen LogP contribution in [0, 0.1) is 12.8 Å². The number of hydrogen-bond acceptors (Lipinski definition) is 4. The number of ether oxygens (including phenoxy) is 1. The number of rotatable bonds is 4. The van der Waals surface area contributed by atoms with E-state index in [1.165, 1.54) is 10.4 Å². The minimum Gasteiger partial charge on any atom is -0.379 e. The molecule has 0 aliphatic carbocycles. The molecule has 2 saturated heterocycles. The van der Waals surface area contributed by atoms with Gasteiger partial charge >= 0.3 is 0 Å². The lowest BCUT2D eigenvalue weighted by Gasteiger charge is -2.41. The van der Waals surface area contributed by atoms with Gasteiger partial charge < -0.3 is 9.64 Å². The van der Waals surface area contributed by atoms with Gasteiger partial charge in [0.05, 0.1) is 18.8 Å². The highest BCUT2D eigenvalue weighted by atomic mass is 32.1. The molecule has 2 aliphatic rings. The Morgan fingerprint density at radius 3 is 2.58 bits per heavy atom. The number of carbonyl (C=O) groups excluding carboxylic acids is 1. The van der Waals surface area contributed by atoms with Crippen molar-refractivity contribution >= 4 is 17.2 Å². The first-order valence-corrected chi connectivity index (χ1v) is 10.2. The highest BCUT2D eigenvalue weighted by Gasteiger charge is 2.31. The Hall–Kier alpha value is -0.910. The zero-order chi connectivity index (χ0) is 17.1. The predicted octanol–water partition coefficient (Wildman–Crippen LogP) is 3.19. The SMILES string of the molecule is CCc1c(C(=O)N2CCC(C(C)N3CCOCC3)CC2)csc1C. The fourth-order valence-corrected chi connectivity index (χ4v) is 5.07. The van der Waals surface area contributed by atoms with Gasteiger partial charge in [-0.15, -0.1) is 11.3 Å². The van der Waals surface area contributed by atoms with E-state index in [1.54, 1.807) is 11.3 Å². The van der Waals surface area contributed by atoms with E-state index in [0.717, 1.165) is 64.2 Å². The first-order valence-electron chi connectivity index (χ1n) is 9.29. The second kappa shape index (κ2) is 7.98. The van der Waals surface area contributed by atoms with Crippen molar-refractivity contribution in [3.05, 3.63) is 21.4 Å². The summed E-state index contributed by atoms with van der Waals surface area (Å²) in [5.74, 6) is 0.940. The lowest BCUT2D eigenvalue weighted by Crippen LogP contribution is -2.49. The van der Waals surface area contributed by atoms with Crippen LogP contribution in [-0.4, -0.2) is 61.1 Å². The molecule has 134 valence electrons. The summed E-state index contributed by atoms with van der Waals surface area (Å²) in [7, 11) is 0. The maximum atomic E-state index is 12.9. The van der Waals surface area contributed by atoms with Crippen molar-refractivity contribution in [3.8, 4) is 0 Å². The summed E-state index contributed by atoms with van der Waals surface area (Å²) in [6, 6.07) is 0.598. The highest BCUT2D eigenvalue weighted by molar-refractivity contribution is 7.10. The van der Waals surface area contributed by atoms with Gasteiger partial charge in [0.2, 0.25) is 0 Å². The van der Waals surface area contributed by atoms with E-state index < -0.39 is 0 Å². The molecule has 0 saturated carbocycles. The number of hydrogen-bond donors (Lipinski definition) is 0. The van der Waals surface area contributed by atoms with Crippen LogP contribution in [0.1, 0.15) is 47.5 Å². The van der Waals surface area contributed by atoms with Crippen LogP contribution < -0.4 is 0 Å². The third-order valence-electron chi connectivity index (χ3n) is 5.82. The van der Waals surface area contributed by atoms with Gasteiger partial charge in [-0.3, -0.25) is 9.69 Å². The Morgan fingerprint density at radius 1 is 1.29 bits per heavy atom. The van der Waals surface area contributed by atoms with Crippen LogP contribution in [0.2, 0.25) is 0 Å². The Bertz CT molecular complexity index is 558. The summed E-state index contributed by atoms with van der Waals surface area (Å²) in [4.78, 5) is 18.8. The predicted molar refractivity (Wildman–Crippen MR) is 98.9 cm³/mol. The van der Waals surface area contributed by atoms with E-state index in [0.29, 0.717) is 12.0 Å². The molecule has 1 aromatic rings. The lowest BCUT2D eigenvalue weighted by molar-refractivity contribution is -0.000953. The number of aryl methyl sites for hydroxylation is 1. The molecule has 1 unspecified atom stereocenters. The second-order valence-corrected chi connectivity index (χ2v) is 8.14. The Labute approximate surface area is 149 Å². The molecule has 0 aromatic carbocycles. The number of morpholine rings is 1. The van der Waals surface area contributed by atoms with Crippen LogP contribution in [0.15, 0.2) is 5.38 Å². The minimum atomic E-state index is 0.244. The van der Waals surface area contributed by atoms with E-state index >= 15 is 0 Å². The molecule has 1 amide bonds. The molecule has 24 heavy (non-hydrogen) atoms. The molecule has 0 bridgehead atoms. The van der Waals surface area contributed by atoms with Gasteiger partial charge in [0.1, 0.15) is 0 Å². The molecule has 1 aromatic heterocycles. The first-order chi connectivity index (χ1) is 11.6. The van der Waals surface area contributed by atoms with Crippen LogP contribution in [-0.2, 0) is 11.2 Å². The average Bonchev–Trinajstić information content (AvgIpc) is 3.02. The monoisotopic (exact) mass is 350 g/mol. The largest absolute Gasteiger partial charge is 0.379 e. The van der Waals surface area contributed by atoms with Gasteiger partial charge in [-0.1, -0.05) is 6.92 Å². The lowest BCUT2D eigenvalue weighted by atomic mass is 9.89. The van der Waals surface area contributed by atoms with Gasteiger partial charge in [0, 0.05) is 42.5 Å². The van der Waals surface area contributed by atoms with Crippen LogP contribution in [0.5, 0.6) is 0 Å². The van der Waals surface area contributed by atoms with Gasteiger partial charge in [0.25, 0.3) is 5.91 Å². The third kappa shape index (κ3) is 3.68. The molecule has 5 heteroatoms. The van der Waals surface area contributed by atoms with E-state index in [-0.39, 0.29) is 5.91 Å². The van der Waals surface area contributed by atoms with Gasteiger partial charge in [-0.05, 0) is 44.6 Å². The number of nitrogens with zero attached hydrogens (tertiary/aromatic N) is 2. The topological polar surface area (TPSA) is 32.8 Å². The number of amides is 1. The molecule has 4 nitrogen and oxygen atoms in total. The van der Waals surface area contributed by atoms with Crippen LogP contribution in [0.4, 0.5) is 0 Å². The fourth-order valence-electron chi connectivity index (χ4n) is 4.14. The molecule has 0 spiro atoms. The maximum absolute atomic E-state index is 12.9. The van der Waals surface area contributed by atoms with Gasteiger partial charge in [-0.25, -0.2) is 0 Å². The average molecular weight is 351 g/mol. The smallest absolute Gasteiger partial charge is 0.254 e. The van der Waals surface area contributed by atoms with Gasteiger partial charge in [-0.2, -0.15) is 0 Å². The van der Waals surface area contributed by atoms with Crippen LogP contribution in [0.25, 0.3) is 0 Å². The summed E-state index contributed by atoms with van der Waals surface area (Å²) in [5, 5.41) is 2.05. The molecule has 2 aliphatic heterocycles. The third-order valence-corrected chi connectivity index (χ3v) is 6.77. The Balaban J connectivity index is 1.57. The van der Waals surface area contributed by atoms with Crippen molar-refractivity contribution in [1.82, 2.24) is 9.80 Å². The molecule has 1 atom stereocenters. The Kier molecular flexibility index (Phi) is 5.95. The van der Waals surface area contributed by atoms with Crippen molar-refractivity contribution in [1.29, 1.82) is 0 Å². The molecular formula is C19H30N2O2S. The standard InChI is InChI=1S/C19H30N2O2S/c1-4-17-15(3)24-13-18(17)19(22)21-7-5-16(6-8-21)14(2)20-9-11-23-12-10-20/h13-14,16H,4-12H2,1-3H3. The second-order valence-electron chi connectivity index (χ2n) is 7.06. The normalized spacial score (nSPS) is 21.9. The van der Waals surface area contributed by atoms with Crippen molar-refractivity contribution in [3.63, 3.8) is 0 Å². The fraction of sp³-hybridized carbons (Fsp3) is 0.737. The van der Waals surface area contributed by atoms with Crippen molar-refractivity contribution in [2.75, 3.05) is 39.4 Å². The number of likely N-dealkylation sites (tertiary alicyclic amines) is 1. The molecule has 2 fully saturated rings. The zero-order valence-corrected chi connectivity index (χ0v) is 16.0.